The molecule has 0 unspecified atom stereocenters. The molecule has 4 aliphatic heterocycles. The van der Waals surface area contributed by atoms with Gasteiger partial charge in [-0.3, -0.25) is 14.6 Å². The second-order valence-corrected chi connectivity index (χ2v) is 19.2. The van der Waals surface area contributed by atoms with Gasteiger partial charge in [-0.15, -0.1) is 16.8 Å². The van der Waals surface area contributed by atoms with Gasteiger partial charge < -0.3 is 19.6 Å². The van der Waals surface area contributed by atoms with Crippen LogP contribution in [0.2, 0.25) is 0 Å². The van der Waals surface area contributed by atoms with Crippen molar-refractivity contribution in [2.24, 2.45) is 50.5 Å². The first-order valence-electron chi connectivity index (χ1n) is 23.6. The first-order valence-corrected chi connectivity index (χ1v) is 23.6. The molecule has 8 bridgehead atoms. The zero-order valence-corrected chi connectivity index (χ0v) is 42.3. The number of hydrogen-bond donors (Lipinski definition) is 0. The summed E-state index contributed by atoms with van der Waals surface area (Å²) in [5, 5.41) is 15.1. The van der Waals surface area contributed by atoms with Crippen molar-refractivity contribution in [1.29, 1.82) is 0 Å². The third-order valence-electron chi connectivity index (χ3n) is 14.0. The van der Waals surface area contributed by atoms with Gasteiger partial charge in [0, 0.05) is 40.8 Å². The maximum absolute atomic E-state index is 14.3. The molecular formula is C55H70MgN4O5. The van der Waals surface area contributed by atoms with Gasteiger partial charge in [0.15, 0.2) is 0 Å². The van der Waals surface area contributed by atoms with E-state index >= 15 is 0 Å². The molecule has 0 fully saturated rings. The van der Waals surface area contributed by atoms with Crippen LogP contribution in [-0.4, -0.2) is 65.8 Å². The number of fused-ring (bicyclic) bond motifs is 5. The molecule has 10 heteroatoms. The number of methoxy groups -OCH3 is 1. The van der Waals surface area contributed by atoms with Crippen LogP contribution in [0.1, 0.15) is 137 Å². The molecule has 5 atom stereocenters. The van der Waals surface area contributed by atoms with Gasteiger partial charge in [-0.2, -0.15) is 0 Å². The largest absolute Gasteiger partial charge is 2.00 e. The molecule has 65 heavy (non-hydrogen) atoms. The van der Waals surface area contributed by atoms with E-state index in [9.17, 15) is 14.7 Å². The maximum Gasteiger partial charge on any atom is 2.00 e. The topological polar surface area (TPSA) is 127 Å². The number of carbonyl (C=O) groups excluding carboxylic acids is 2. The fourth-order valence-corrected chi connectivity index (χ4v) is 9.86. The Hall–Kier alpha value is -4.54. The third kappa shape index (κ3) is 11.5. The number of esters is 2. The molecule has 0 saturated heterocycles. The van der Waals surface area contributed by atoms with Crippen molar-refractivity contribution in [2.45, 2.75) is 133 Å². The van der Waals surface area contributed by atoms with Crippen LogP contribution in [0, 0.1) is 42.4 Å². The summed E-state index contributed by atoms with van der Waals surface area (Å²) in [5.41, 5.74) is 10.7. The molecule has 5 heterocycles. The first-order chi connectivity index (χ1) is 30.6. The summed E-state index contributed by atoms with van der Waals surface area (Å²) in [6, 6.07) is 0. The Morgan fingerprint density at radius 1 is 0.846 bits per heavy atom. The summed E-state index contributed by atoms with van der Waals surface area (Å²) in [6.07, 6.45) is 23.2. The fourth-order valence-electron chi connectivity index (χ4n) is 9.86. The zero-order chi connectivity index (χ0) is 46.4. The van der Waals surface area contributed by atoms with Crippen LogP contribution in [0.4, 0.5) is 0 Å². The van der Waals surface area contributed by atoms with Crippen molar-refractivity contribution in [2.75, 3.05) is 13.7 Å². The van der Waals surface area contributed by atoms with E-state index in [1.54, 1.807) is 6.08 Å². The number of carbonyl (C=O) groups is 2. The Labute approximate surface area is 404 Å². The molecule has 6 rings (SSSR count). The van der Waals surface area contributed by atoms with Gasteiger partial charge >= 0.3 is 35.0 Å². The van der Waals surface area contributed by atoms with Gasteiger partial charge in [-0.05, 0) is 105 Å². The summed E-state index contributed by atoms with van der Waals surface area (Å²) in [5.74, 6) is -0.800. The summed E-state index contributed by atoms with van der Waals surface area (Å²) in [7, 11) is 1.29. The van der Waals surface area contributed by atoms with E-state index in [1.807, 2.05) is 51.2 Å². The van der Waals surface area contributed by atoms with Crippen molar-refractivity contribution in [3.05, 3.63) is 110 Å². The molecule has 0 spiro atoms. The monoisotopic (exact) mass is 891 g/mol. The normalized spacial score (nSPS) is 21.1. The smallest absolute Gasteiger partial charge is 0.874 e. The molecule has 0 N–H and O–H groups in total. The molecule has 0 aromatic carbocycles. The molecule has 1 aromatic heterocycles. The average Bonchev–Trinajstić information content (AvgIpc) is 3.99. The number of rotatable bonds is 20. The van der Waals surface area contributed by atoms with Crippen LogP contribution in [0.3, 0.4) is 0 Å². The molecule has 0 saturated carbocycles. The number of aromatic nitrogens is 1. The summed E-state index contributed by atoms with van der Waals surface area (Å²) >= 11 is 0. The van der Waals surface area contributed by atoms with Crippen molar-refractivity contribution >= 4 is 69.5 Å². The Balaban J connectivity index is 0.00000793. The van der Waals surface area contributed by atoms with Gasteiger partial charge in [-0.25, -0.2) is 9.98 Å². The summed E-state index contributed by atoms with van der Waals surface area (Å²) in [4.78, 5) is 47.3. The predicted molar refractivity (Wildman–Crippen MR) is 265 cm³/mol. The van der Waals surface area contributed by atoms with Crippen LogP contribution in [-0.2, 0) is 19.1 Å². The van der Waals surface area contributed by atoms with Crippen molar-refractivity contribution in [3.63, 3.8) is 0 Å². The minimum absolute atomic E-state index is 0. The minimum atomic E-state index is -1.24. The molecule has 342 valence electrons. The molecule has 1 aromatic rings. The summed E-state index contributed by atoms with van der Waals surface area (Å²) in [6.45, 7) is 27.8. The molecule has 9 nitrogen and oxygen atoms in total. The molecule has 0 amide bonds. The van der Waals surface area contributed by atoms with Crippen LogP contribution < -0.4 is 20.7 Å². The standard InChI is InChI=1S/C55H71N4O5.Mg/c1-13-39-35(8)42-28-44-37(10)41(24-25-48(60)64-27-26-34(7)23-17-22-33(6)21-16-20-32(5)19-15-18-31(3)4)52(58-44)50-51(55(62)63-12)54(61)49-38(11)45(59-53(49)50)30-47-40(14-2)36(9)43(57-47)29-46(39)56-42;/h13-14,26,28-33,37,41,51H,1-2,15-25,27H2,3-12H3,(H-,56,57,58,59,61);/q-1;+2/p-1/b34-26+;/t32-,33-,37+,41+,51-;/m1./s1. The minimum Gasteiger partial charge on any atom is -0.874 e. The predicted octanol–water partition coefficient (Wildman–Crippen LogP) is 9.45. The number of nitrogens with zero attached hydrogens (tertiary/aromatic N) is 4. The second kappa shape index (κ2) is 22.8. The van der Waals surface area contributed by atoms with Crippen molar-refractivity contribution in [3.8, 4) is 0 Å². The Morgan fingerprint density at radius 3 is 2.03 bits per heavy atom. The van der Waals surface area contributed by atoms with E-state index in [2.05, 4.69) is 54.7 Å². The Kier molecular flexibility index (Phi) is 18.0. The SMILES string of the molecule is C=CC1=C(C)C2=NC1=Cc1[n-]c3c(c1C)=C([O-])[C@H](C(=O)OC)C=3C1=NC(=CC3=NC(=C2)C(C=C)=C3C)[C@@H](C)[C@@H]1CCC(=O)OC/C=C(\C)CCC[C@H](C)CCC[C@H](C)CCCC(C)C.[Mg+2]. The number of aliphatic imine (C=N–C) groups is 3. The molecule has 0 radical (unpaired) electrons. The fraction of sp³-hybridized carbons (Fsp3) is 0.509. The molecule has 1 aliphatic carbocycles. The van der Waals surface area contributed by atoms with E-state index in [4.69, 9.17) is 29.4 Å². The van der Waals surface area contributed by atoms with Crippen LogP contribution in [0.25, 0.3) is 17.4 Å². The van der Waals surface area contributed by atoms with Crippen LogP contribution in [0.15, 0.2) is 103 Å². The van der Waals surface area contributed by atoms with E-state index in [-0.39, 0.29) is 59.6 Å². The zero-order valence-electron chi connectivity index (χ0n) is 40.9. The number of ether oxygens (including phenoxy) is 2. The van der Waals surface area contributed by atoms with Crippen molar-refractivity contribution in [1.82, 2.24) is 4.98 Å². The van der Waals surface area contributed by atoms with E-state index in [1.165, 1.54) is 57.6 Å². The third-order valence-corrected chi connectivity index (χ3v) is 14.0. The second-order valence-electron chi connectivity index (χ2n) is 19.2. The van der Waals surface area contributed by atoms with E-state index in [0.29, 0.717) is 51.1 Å². The van der Waals surface area contributed by atoms with Crippen molar-refractivity contribution < 1.29 is 24.2 Å². The van der Waals surface area contributed by atoms with Gasteiger partial charge in [0.05, 0.1) is 35.8 Å². The molecular weight excluding hydrogens is 821 g/mol. The van der Waals surface area contributed by atoms with Gasteiger partial charge in [0.25, 0.3) is 0 Å². The average molecular weight is 891 g/mol. The first kappa shape index (κ1) is 51.4. The van der Waals surface area contributed by atoms with Crippen LogP contribution >= 0.6 is 0 Å². The molecule has 5 aliphatic rings. The maximum atomic E-state index is 14.3. The van der Waals surface area contributed by atoms with E-state index in [0.717, 1.165) is 69.8 Å². The van der Waals surface area contributed by atoms with Gasteiger partial charge in [0.2, 0.25) is 0 Å². The Bertz CT molecular complexity index is 2480. The number of allylic oxidation sites excluding steroid dienone is 8. The quantitative estimate of drug-likeness (QED) is 0.0730. The summed E-state index contributed by atoms with van der Waals surface area (Å²) < 4.78 is 11.0. The number of hydrogen-bond acceptors (Lipinski definition) is 8. The Morgan fingerprint density at radius 2 is 1.43 bits per heavy atom. The van der Waals surface area contributed by atoms with Gasteiger partial charge in [0.1, 0.15) is 6.61 Å². The van der Waals surface area contributed by atoms with Gasteiger partial charge in [-0.1, -0.05) is 122 Å². The van der Waals surface area contributed by atoms with E-state index < -0.39 is 11.9 Å². The van der Waals surface area contributed by atoms with Crippen LogP contribution in [0.5, 0.6) is 0 Å².